The minimum atomic E-state index is -0.834. The number of aromatic nitrogens is 1. The summed E-state index contributed by atoms with van der Waals surface area (Å²) in [5.74, 6) is -0.445. The van der Waals surface area contributed by atoms with Crippen LogP contribution in [0.5, 0.6) is 5.75 Å². The van der Waals surface area contributed by atoms with Gasteiger partial charge in [-0.3, -0.25) is 9.36 Å². The molecule has 5 aromatic rings. The summed E-state index contributed by atoms with van der Waals surface area (Å²) >= 11 is 7.56. The van der Waals surface area contributed by atoms with Crippen molar-refractivity contribution in [3.63, 3.8) is 0 Å². The lowest BCUT2D eigenvalue weighted by atomic mass is 9.96. The first-order chi connectivity index (χ1) is 20.8. The number of nitrogens with zero attached hydrogens (tertiary/aromatic N) is 2. The van der Waals surface area contributed by atoms with Crippen molar-refractivity contribution in [2.24, 2.45) is 4.99 Å². The van der Waals surface area contributed by atoms with Crippen LogP contribution in [0.3, 0.4) is 0 Å². The summed E-state index contributed by atoms with van der Waals surface area (Å²) in [5.41, 5.74) is 2.52. The molecule has 216 valence electrons. The summed E-state index contributed by atoms with van der Waals surface area (Å²) < 4.78 is 27.3. The molecule has 4 aromatic carbocycles. The van der Waals surface area contributed by atoms with Crippen LogP contribution >= 0.6 is 22.9 Å². The number of carbonyl (C=O) groups excluding carboxylic acids is 1. The van der Waals surface area contributed by atoms with E-state index in [0.717, 1.165) is 16.3 Å². The molecule has 0 unspecified atom stereocenters. The number of rotatable bonds is 7. The summed E-state index contributed by atoms with van der Waals surface area (Å²) in [7, 11) is 0. The van der Waals surface area contributed by atoms with Gasteiger partial charge in [-0.2, -0.15) is 0 Å². The Morgan fingerprint density at radius 3 is 2.63 bits per heavy atom. The van der Waals surface area contributed by atoms with Gasteiger partial charge in [0.25, 0.3) is 5.56 Å². The van der Waals surface area contributed by atoms with E-state index in [2.05, 4.69) is 23.2 Å². The number of allylic oxidation sites excluding steroid dienone is 1. The predicted molar refractivity (Wildman–Crippen MR) is 167 cm³/mol. The van der Waals surface area contributed by atoms with Crippen LogP contribution in [-0.4, -0.2) is 17.1 Å². The van der Waals surface area contributed by atoms with Crippen LogP contribution in [-0.2, 0) is 16.1 Å². The Hall–Kier alpha value is -4.53. The van der Waals surface area contributed by atoms with Gasteiger partial charge in [-0.25, -0.2) is 14.2 Å². The Kier molecular flexibility index (Phi) is 7.97. The molecule has 6 nitrogen and oxygen atoms in total. The molecule has 9 heteroatoms. The summed E-state index contributed by atoms with van der Waals surface area (Å²) in [6.07, 6.45) is 1.72. The standard InChI is InChI=1S/C34H26ClFN2O4S/c1-3-41-33(40)30-20(2)37-34-38(31(30)22-11-14-26(36)15-12-22)32(39)29(43-34)18-24-17-25(35)13-16-28(24)42-19-23-9-6-8-21-7-4-5-10-27(21)23/h4-18,31H,3,19H2,1-2H3/b29-18-/t31-/m0/s1. The van der Waals surface area contributed by atoms with Gasteiger partial charge in [0.2, 0.25) is 0 Å². The first kappa shape index (κ1) is 28.6. The van der Waals surface area contributed by atoms with Gasteiger partial charge in [0.05, 0.1) is 28.5 Å². The first-order valence-electron chi connectivity index (χ1n) is 13.7. The van der Waals surface area contributed by atoms with E-state index in [9.17, 15) is 14.0 Å². The van der Waals surface area contributed by atoms with Crippen LogP contribution < -0.4 is 19.6 Å². The zero-order valence-electron chi connectivity index (χ0n) is 23.3. The Morgan fingerprint density at radius 2 is 1.84 bits per heavy atom. The summed E-state index contributed by atoms with van der Waals surface area (Å²) in [4.78, 5) is 32.1. The minimum absolute atomic E-state index is 0.159. The number of esters is 1. The normalized spacial score (nSPS) is 14.9. The van der Waals surface area contributed by atoms with E-state index in [1.54, 1.807) is 50.3 Å². The van der Waals surface area contributed by atoms with Gasteiger partial charge in [0.15, 0.2) is 4.80 Å². The maximum Gasteiger partial charge on any atom is 0.338 e. The van der Waals surface area contributed by atoms with Gasteiger partial charge >= 0.3 is 5.97 Å². The zero-order chi connectivity index (χ0) is 30.1. The predicted octanol–water partition coefficient (Wildman–Crippen LogP) is 6.32. The van der Waals surface area contributed by atoms with E-state index in [0.29, 0.717) is 43.5 Å². The molecule has 0 fully saturated rings. The molecule has 1 atom stereocenters. The Morgan fingerprint density at radius 1 is 1.07 bits per heavy atom. The van der Waals surface area contributed by atoms with E-state index >= 15 is 0 Å². The van der Waals surface area contributed by atoms with Gasteiger partial charge < -0.3 is 9.47 Å². The number of fused-ring (bicyclic) bond motifs is 2. The lowest BCUT2D eigenvalue weighted by molar-refractivity contribution is -0.139. The molecule has 0 bridgehead atoms. The Balaban J connectivity index is 1.44. The molecule has 1 aliphatic heterocycles. The van der Waals surface area contributed by atoms with Crippen molar-refractivity contribution in [2.75, 3.05) is 6.61 Å². The number of benzene rings is 4. The topological polar surface area (TPSA) is 69.9 Å². The molecular formula is C34H26ClFN2O4S. The van der Waals surface area contributed by atoms with Crippen molar-refractivity contribution in [3.05, 3.63) is 143 Å². The lowest BCUT2D eigenvalue weighted by Crippen LogP contribution is -2.39. The van der Waals surface area contributed by atoms with Crippen LogP contribution in [0.25, 0.3) is 16.8 Å². The molecule has 0 spiro atoms. The van der Waals surface area contributed by atoms with Crippen molar-refractivity contribution in [1.82, 2.24) is 4.57 Å². The lowest BCUT2D eigenvalue weighted by Gasteiger charge is -2.24. The molecule has 6 rings (SSSR count). The second kappa shape index (κ2) is 12.0. The zero-order valence-corrected chi connectivity index (χ0v) is 24.9. The van der Waals surface area contributed by atoms with Gasteiger partial charge in [-0.1, -0.05) is 77.5 Å². The van der Waals surface area contributed by atoms with Crippen molar-refractivity contribution in [1.29, 1.82) is 0 Å². The number of hydrogen-bond donors (Lipinski definition) is 0. The highest BCUT2D eigenvalue weighted by Crippen LogP contribution is 2.31. The SMILES string of the molecule is CCOC(=O)C1=C(C)N=c2s/c(=C\c3cc(Cl)ccc3OCc3cccc4ccccc34)c(=O)n2[C@H]1c1ccc(F)cc1. The Labute approximate surface area is 255 Å². The summed E-state index contributed by atoms with van der Waals surface area (Å²) in [6, 6.07) is 24.3. The summed E-state index contributed by atoms with van der Waals surface area (Å²) in [5, 5.41) is 2.71. The highest BCUT2D eigenvalue weighted by molar-refractivity contribution is 7.07. The molecule has 0 radical (unpaired) electrons. The molecule has 2 heterocycles. The number of thiazole rings is 1. The van der Waals surface area contributed by atoms with E-state index in [4.69, 9.17) is 21.1 Å². The van der Waals surface area contributed by atoms with Crippen molar-refractivity contribution < 1.29 is 18.7 Å². The van der Waals surface area contributed by atoms with Gasteiger partial charge in [0.1, 0.15) is 18.2 Å². The Bertz CT molecular complexity index is 2080. The fourth-order valence-electron chi connectivity index (χ4n) is 5.23. The number of halogens is 2. The largest absolute Gasteiger partial charge is 0.488 e. The third-order valence-electron chi connectivity index (χ3n) is 7.22. The minimum Gasteiger partial charge on any atom is -0.488 e. The first-order valence-corrected chi connectivity index (χ1v) is 14.9. The van der Waals surface area contributed by atoms with Gasteiger partial charge in [-0.05, 0) is 72.2 Å². The quantitative estimate of drug-likeness (QED) is 0.202. The van der Waals surface area contributed by atoms with Crippen LogP contribution in [0.4, 0.5) is 4.39 Å². The molecular weight excluding hydrogens is 587 g/mol. The van der Waals surface area contributed by atoms with Crippen LogP contribution in [0.15, 0.2) is 106 Å². The molecule has 0 saturated heterocycles. The maximum absolute atomic E-state index is 14.0. The number of carbonyl (C=O) groups is 1. The highest BCUT2D eigenvalue weighted by Gasteiger charge is 2.33. The monoisotopic (exact) mass is 612 g/mol. The average molecular weight is 613 g/mol. The van der Waals surface area contributed by atoms with Gasteiger partial charge in [0, 0.05) is 10.6 Å². The molecule has 0 saturated carbocycles. The van der Waals surface area contributed by atoms with Crippen LogP contribution in [0, 0.1) is 5.82 Å². The molecule has 1 aliphatic rings. The average Bonchev–Trinajstić information content (AvgIpc) is 3.30. The third-order valence-corrected chi connectivity index (χ3v) is 8.44. The van der Waals surface area contributed by atoms with Gasteiger partial charge in [-0.15, -0.1) is 0 Å². The van der Waals surface area contributed by atoms with Crippen LogP contribution in [0.1, 0.15) is 36.6 Å². The fourth-order valence-corrected chi connectivity index (χ4v) is 6.45. The van der Waals surface area contributed by atoms with E-state index in [1.165, 1.54) is 28.0 Å². The third kappa shape index (κ3) is 5.63. The van der Waals surface area contributed by atoms with E-state index in [1.807, 2.05) is 24.3 Å². The molecule has 0 aliphatic carbocycles. The van der Waals surface area contributed by atoms with E-state index in [-0.39, 0.29) is 17.7 Å². The van der Waals surface area contributed by atoms with E-state index < -0.39 is 17.8 Å². The smallest absolute Gasteiger partial charge is 0.338 e. The van der Waals surface area contributed by atoms with Crippen molar-refractivity contribution in [2.45, 2.75) is 26.5 Å². The second-order valence-corrected chi connectivity index (χ2v) is 11.4. The second-order valence-electron chi connectivity index (χ2n) is 9.96. The maximum atomic E-state index is 14.0. The number of ether oxygens (including phenoxy) is 2. The number of hydrogen-bond acceptors (Lipinski definition) is 6. The highest BCUT2D eigenvalue weighted by atomic mass is 35.5. The molecule has 0 N–H and O–H groups in total. The fraction of sp³-hybridized carbons (Fsp3) is 0.147. The molecule has 0 amide bonds. The molecule has 1 aromatic heterocycles. The van der Waals surface area contributed by atoms with Crippen molar-refractivity contribution >= 4 is 45.8 Å². The molecule has 43 heavy (non-hydrogen) atoms. The summed E-state index contributed by atoms with van der Waals surface area (Å²) in [6.45, 7) is 3.89. The van der Waals surface area contributed by atoms with Crippen molar-refractivity contribution in [3.8, 4) is 5.75 Å². The van der Waals surface area contributed by atoms with Crippen LogP contribution in [0.2, 0.25) is 5.02 Å².